The molecule has 19 heavy (non-hydrogen) atoms. The van der Waals surface area contributed by atoms with Crippen molar-refractivity contribution in [3.63, 3.8) is 0 Å². The molecule has 0 amide bonds. The van der Waals surface area contributed by atoms with Crippen LogP contribution in [0.5, 0.6) is 0 Å². The number of ether oxygens (including phenoxy) is 1. The first kappa shape index (κ1) is 11.8. The highest BCUT2D eigenvalue weighted by Gasteiger charge is 2.43. The quantitative estimate of drug-likeness (QED) is 0.779. The summed E-state index contributed by atoms with van der Waals surface area (Å²) in [6, 6.07) is 0. The van der Waals surface area contributed by atoms with Gasteiger partial charge in [0, 0.05) is 0 Å². The van der Waals surface area contributed by atoms with Gasteiger partial charge in [-0.3, -0.25) is 4.57 Å². The number of imidazole rings is 1. The topological polar surface area (TPSA) is 99.1 Å². The molecule has 3 heterocycles. The van der Waals surface area contributed by atoms with Crippen LogP contribution in [0.25, 0.3) is 11.2 Å². The number of rotatable bonds is 1. The Hall–Kier alpha value is -2.29. The first-order valence-corrected chi connectivity index (χ1v) is 5.35. The van der Waals surface area contributed by atoms with Crippen molar-refractivity contribution in [3.05, 3.63) is 24.7 Å². The molecule has 7 nitrogen and oxygen atoms in total. The molecule has 0 aromatic carbocycles. The molecule has 2 aromatic heterocycles. The maximum Gasteiger partial charge on any atom is 0.207 e. The van der Waals surface area contributed by atoms with Gasteiger partial charge in [0.1, 0.15) is 30.6 Å². The van der Waals surface area contributed by atoms with E-state index in [0.29, 0.717) is 5.52 Å². The summed E-state index contributed by atoms with van der Waals surface area (Å²) in [6.07, 6.45) is -2.19. The van der Waals surface area contributed by atoms with Crippen LogP contribution in [-0.4, -0.2) is 36.9 Å². The lowest BCUT2D eigenvalue weighted by Gasteiger charge is -2.15. The van der Waals surface area contributed by atoms with E-state index in [0.717, 1.165) is 0 Å². The van der Waals surface area contributed by atoms with E-state index in [1.165, 1.54) is 17.2 Å². The van der Waals surface area contributed by atoms with E-state index in [4.69, 9.17) is 10.5 Å². The van der Waals surface area contributed by atoms with Gasteiger partial charge in [-0.2, -0.15) is 0 Å². The summed E-state index contributed by atoms with van der Waals surface area (Å²) >= 11 is 0. The van der Waals surface area contributed by atoms with Crippen molar-refractivity contribution in [2.45, 2.75) is 18.5 Å². The highest BCUT2D eigenvalue weighted by Crippen LogP contribution is 2.35. The van der Waals surface area contributed by atoms with E-state index in [9.17, 15) is 13.9 Å². The minimum atomic E-state index is -1.94. The summed E-state index contributed by atoms with van der Waals surface area (Å²) < 4.78 is 32.2. The highest BCUT2D eigenvalue weighted by molar-refractivity contribution is 5.81. The number of nitrogens with zero attached hydrogens (tertiary/aromatic N) is 4. The fourth-order valence-corrected chi connectivity index (χ4v) is 1.95. The molecule has 1 aliphatic rings. The van der Waals surface area contributed by atoms with Crippen molar-refractivity contribution in [2.24, 2.45) is 0 Å². The van der Waals surface area contributed by atoms with Crippen molar-refractivity contribution in [2.75, 3.05) is 5.73 Å². The number of aliphatic hydroxyl groups is 1. The number of fused-ring (bicyclic) bond motifs is 1. The van der Waals surface area contributed by atoms with Gasteiger partial charge < -0.3 is 15.6 Å². The first-order valence-electron chi connectivity index (χ1n) is 5.35. The smallest absolute Gasteiger partial charge is 0.207 e. The molecule has 100 valence electrons. The number of nitrogens with two attached hydrogens (primary N) is 1. The third-order valence-corrected chi connectivity index (χ3v) is 2.89. The Balaban J connectivity index is 2.09. The van der Waals surface area contributed by atoms with Gasteiger partial charge in [-0.1, -0.05) is 0 Å². The Morgan fingerprint density at radius 2 is 2.21 bits per heavy atom. The molecule has 3 N–H and O–H groups in total. The molecule has 0 spiro atoms. The van der Waals surface area contributed by atoms with E-state index in [1.54, 1.807) is 0 Å². The van der Waals surface area contributed by atoms with Gasteiger partial charge in [-0.05, 0) is 0 Å². The number of nitrogen functional groups attached to an aromatic ring is 1. The largest absolute Gasteiger partial charge is 0.466 e. The monoisotopic (exact) mass is 269 g/mol. The normalized spacial score (nSPS) is 29.0. The van der Waals surface area contributed by atoms with Crippen LogP contribution in [0.3, 0.4) is 0 Å². The summed E-state index contributed by atoms with van der Waals surface area (Å²) in [6.45, 7) is 0. The Morgan fingerprint density at radius 3 is 2.89 bits per heavy atom. The molecule has 0 unspecified atom stereocenters. The number of halogens is 2. The number of aliphatic hydroxyl groups excluding tert-OH is 1. The lowest BCUT2D eigenvalue weighted by molar-refractivity contribution is -0.000104. The predicted octanol–water partition coefficient (Wildman–Crippen LogP) is 0.447. The van der Waals surface area contributed by atoms with Crippen molar-refractivity contribution >= 4 is 17.0 Å². The second-order valence-electron chi connectivity index (χ2n) is 4.00. The lowest BCUT2D eigenvalue weighted by atomic mass is 10.2. The fourth-order valence-electron chi connectivity index (χ4n) is 1.95. The molecule has 0 radical (unpaired) electrons. The number of anilines is 1. The highest BCUT2D eigenvalue weighted by atomic mass is 19.1. The zero-order valence-electron chi connectivity index (χ0n) is 9.44. The maximum atomic E-state index is 13.5. The average molecular weight is 269 g/mol. The molecule has 3 atom stereocenters. The Bertz CT molecular complexity index is 658. The van der Waals surface area contributed by atoms with Crippen molar-refractivity contribution < 1.29 is 18.6 Å². The minimum Gasteiger partial charge on any atom is -0.466 e. The molecule has 1 fully saturated rings. The van der Waals surface area contributed by atoms with Gasteiger partial charge in [0.2, 0.25) is 6.23 Å². The third-order valence-electron chi connectivity index (χ3n) is 2.89. The van der Waals surface area contributed by atoms with Crippen LogP contribution in [0.15, 0.2) is 24.7 Å². The predicted molar refractivity (Wildman–Crippen MR) is 60.0 cm³/mol. The zero-order valence-corrected chi connectivity index (χ0v) is 9.44. The van der Waals surface area contributed by atoms with E-state index < -0.39 is 24.3 Å². The lowest BCUT2D eigenvalue weighted by Crippen LogP contribution is -2.25. The van der Waals surface area contributed by atoms with Gasteiger partial charge in [0.05, 0.1) is 0 Å². The fraction of sp³-hybridized carbons (Fsp3) is 0.300. The van der Waals surface area contributed by atoms with Crippen molar-refractivity contribution in [1.29, 1.82) is 0 Å². The van der Waals surface area contributed by atoms with E-state index in [2.05, 4.69) is 15.0 Å². The van der Waals surface area contributed by atoms with Crippen LogP contribution in [0.1, 0.15) is 6.23 Å². The maximum absolute atomic E-state index is 13.5. The first-order chi connectivity index (χ1) is 9.13. The Labute approximate surface area is 105 Å². The van der Waals surface area contributed by atoms with Crippen LogP contribution >= 0.6 is 0 Å². The number of aromatic nitrogens is 4. The molecule has 1 saturated heterocycles. The summed E-state index contributed by atoms with van der Waals surface area (Å²) in [4.78, 5) is 11.7. The van der Waals surface area contributed by atoms with Gasteiger partial charge in [-0.25, -0.2) is 23.7 Å². The number of hydrogen-bond donors (Lipinski definition) is 2. The Morgan fingerprint density at radius 1 is 1.42 bits per heavy atom. The molecule has 9 heteroatoms. The Kier molecular flexibility index (Phi) is 2.56. The summed E-state index contributed by atoms with van der Waals surface area (Å²) in [5.74, 6) is -0.421. The number of hydrogen-bond acceptors (Lipinski definition) is 6. The SMILES string of the molecule is Nc1ncnc2c1ncn2[C@@H]1O/C(=C/F)[C@@H](F)[C@H]1O. The third kappa shape index (κ3) is 1.62. The van der Waals surface area contributed by atoms with Gasteiger partial charge in [-0.15, -0.1) is 0 Å². The minimum absolute atomic E-state index is 0.0175. The summed E-state index contributed by atoms with van der Waals surface area (Å²) in [7, 11) is 0. The zero-order chi connectivity index (χ0) is 13.6. The molecule has 1 aliphatic heterocycles. The van der Waals surface area contributed by atoms with Crippen molar-refractivity contribution in [3.8, 4) is 0 Å². The molecule has 0 bridgehead atoms. The second kappa shape index (κ2) is 4.12. The standard InChI is InChI=1S/C10H9F2N5O2/c11-1-4-5(12)7(18)10(19-4)17-3-16-6-8(13)14-2-15-9(6)17/h1-3,5,7,10,18H,(H2,13,14,15)/b4-1+/t5-,7-,10-/m1/s1. The van der Waals surface area contributed by atoms with Crippen LogP contribution in [0.4, 0.5) is 14.6 Å². The number of alkyl halides is 1. The van der Waals surface area contributed by atoms with Gasteiger partial charge in [0.15, 0.2) is 23.4 Å². The molecular weight excluding hydrogens is 260 g/mol. The molecule has 3 rings (SSSR count). The van der Waals surface area contributed by atoms with Gasteiger partial charge >= 0.3 is 0 Å². The molecule has 0 saturated carbocycles. The molecule has 0 aliphatic carbocycles. The summed E-state index contributed by atoms with van der Waals surface area (Å²) in [5.41, 5.74) is 6.17. The summed E-state index contributed by atoms with van der Waals surface area (Å²) in [5, 5.41) is 9.73. The van der Waals surface area contributed by atoms with Gasteiger partial charge in [0.25, 0.3) is 0 Å². The van der Waals surface area contributed by atoms with Crippen LogP contribution in [0.2, 0.25) is 0 Å². The van der Waals surface area contributed by atoms with Crippen LogP contribution in [-0.2, 0) is 4.74 Å². The average Bonchev–Trinajstić information content (AvgIpc) is 2.94. The van der Waals surface area contributed by atoms with Crippen LogP contribution < -0.4 is 5.73 Å². The molecular formula is C10H9F2N5O2. The van der Waals surface area contributed by atoms with E-state index in [-0.39, 0.29) is 17.8 Å². The van der Waals surface area contributed by atoms with E-state index >= 15 is 0 Å². The van der Waals surface area contributed by atoms with E-state index in [1.807, 2.05) is 0 Å². The molecule has 2 aromatic rings. The second-order valence-corrected chi connectivity index (χ2v) is 4.00. The van der Waals surface area contributed by atoms with Crippen LogP contribution in [0, 0.1) is 0 Å². The van der Waals surface area contributed by atoms with Crippen molar-refractivity contribution in [1.82, 2.24) is 19.5 Å².